The van der Waals surface area contributed by atoms with Crippen molar-refractivity contribution in [3.8, 4) is 0 Å². The van der Waals surface area contributed by atoms with Gasteiger partial charge in [0.2, 0.25) is 0 Å². The van der Waals surface area contributed by atoms with Gasteiger partial charge in [-0.1, -0.05) is 36.4 Å². The Morgan fingerprint density at radius 3 is 2.22 bits per heavy atom. The fourth-order valence-corrected chi connectivity index (χ4v) is 4.14. The molecular formula is C23H23F3N2O4. The van der Waals surface area contributed by atoms with Crippen LogP contribution >= 0.6 is 0 Å². The summed E-state index contributed by atoms with van der Waals surface area (Å²) in [5.41, 5.74) is 2.99. The normalized spacial score (nSPS) is 18.7. The van der Waals surface area contributed by atoms with Crippen LogP contribution in [0.1, 0.15) is 35.4 Å². The van der Waals surface area contributed by atoms with E-state index in [1.165, 1.54) is 12.1 Å². The summed E-state index contributed by atoms with van der Waals surface area (Å²) in [7, 11) is 0. The van der Waals surface area contributed by atoms with Crippen LogP contribution < -0.4 is 10.4 Å². The molecule has 32 heavy (non-hydrogen) atoms. The summed E-state index contributed by atoms with van der Waals surface area (Å²) in [6, 6.07) is 13.9. The molecule has 0 spiro atoms. The third kappa shape index (κ3) is 5.04. The molecule has 1 aliphatic carbocycles. The van der Waals surface area contributed by atoms with Crippen LogP contribution in [0.2, 0.25) is 0 Å². The Labute approximate surface area is 183 Å². The molecule has 170 valence electrons. The van der Waals surface area contributed by atoms with Crippen molar-refractivity contribution in [1.82, 2.24) is 5.32 Å². The first-order chi connectivity index (χ1) is 15.3. The van der Waals surface area contributed by atoms with Crippen molar-refractivity contribution in [3.63, 3.8) is 0 Å². The quantitative estimate of drug-likeness (QED) is 0.710. The van der Waals surface area contributed by atoms with Gasteiger partial charge in [0, 0.05) is 19.4 Å². The number of hydroxylamine groups is 1. The van der Waals surface area contributed by atoms with Gasteiger partial charge in [0.05, 0.1) is 5.69 Å². The van der Waals surface area contributed by atoms with Crippen molar-refractivity contribution in [2.75, 3.05) is 18.2 Å². The molecule has 2 aromatic carbocycles. The third-order valence-corrected chi connectivity index (χ3v) is 5.75. The average Bonchev–Trinajstić information content (AvgIpc) is 3.19. The van der Waals surface area contributed by atoms with Crippen molar-refractivity contribution in [2.24, 2.45) is 0 Å². The predicted molar refractivity (Wildman–Crippen MR) is 110 cm³/mol. The highest BCUT2D eigenvalue weighted by Crippen LogP contribution is 2.29. The molecule has 0 radical (unpaired) electrons. The summed E-state index contributed by atoms with van der Waals surface area (Å²) in [5.74, 6) is -2.22. The molecule has 4 rings (SSSR count). The SMILES string of the molecule is O=C(OC1Cc2ccccc2C1)N(OC(=O)C(F)(F)F)c1ccc(C2CCCNC2)cc1. The number of carbonyl (C=O) groups is 2. The molecule has 1 unspecified atom stereocenters. The molecule has 2 aromatic rings. The molecular weight excluding hydrogens is 425 g/mol. The Balaban J connectivity index is 1.50. The van der Waals surface area contributed by atoms with E-state index in [1.807, 2.05) is 24.3 Å². The minimum Gasteiger partial charge on any atom is -0.443 e. The van der Waals surface area contributed by atoms with Crippen molar-refractivity contribution in [1.29, 1.82) is 0 Å². The number of halogens is 3. The summed E-state index contributed by atoms with van der Waals surface area (Å²) in [6.45, 7) is 1.75. The molecule has 0 aromatic heterocycles. The number of benzene rings is 2. The third-order valence-electron chi connectivity index (χ3n) is 5.75. The van der Waals surface area contributed by atoms with Crippen LogP contribution in [0.15, 0.2) is 48.5 Å². The zero-order valence-corrected chi connectivity index (χ0v) is 17.2. The van der Waals surface area contributed by atoms with E-state index in [-0.39, 0.29) is 16.7 Å². The number of nitrogens with one attached hydrogen (secondary N) is 1. The van der Waals surface area contributed by atoms with Gasteiger partial charge in [0.15, 0.2) is 0 Å². The van der Waals surface area contributed by atoms with E-state index in [2.05, 4.69) is 10.2 Å². The Hall–Kier alpha value is -3.07. The van der Waals surface area contributed by atoms with E-state index in [1.54, 1.807) is 12.1 Å². The lowest BCUT2D eigenvalue weighted by Gasteiger charge is -2.25. The van der Waals surface area contributed by atoms with E-state index in [0.29, 0.717) is 12.8 Å². The lowest BCUT2D eigenvalue weighted by atomic mass is 9.92. The topological polar surface area (TPSA) is 67.9 Å². The molecule has 1 fully saturated rings. The fraction of sp³-hybridized carbons (Fsp3) is 0.391. The standard InChI is InChI=1S/C23H23F3N2O4/c24-23(25,26)21(29)32-28(19-9-7-15(8-10-19)18-6-3-11-27-14-18)22(30)31-20-12-16-4-1-2-5-17(16)13-20/h1-2,4-5,7-10,18,20,27H,3,6,11-14H2. The summed E-state index contributed by atoms with van der Waals surface area (Å²) >= 11 is 0. The van der Waals surface area contributed by atoms with Gasteiger partial charge in [-0.3, -0.25) is 0 Å². The first-order valence-electron chi connectivity index (χ1n) is 10.5. The monoisotopic (exact) mass is 448 g/mol. The predicted octanol–water partition coefficient (Wildman–Crippen LogP) is 4.28. The van der Waals surface area contributed by atoms with Gasteiger partial charge >= 0.3 is 18.2 Å². The highest BCUT2D eigenvalue weighted by Gasteiger charge is 2.44. The van der Waals surface area contributed by atoms with Crippen LogP contribution in [0.4, 0.5) is 23.7 Å². The lowest BCUT2D eigenvalue weighted by Crippen LogP contribution is -2.40. The van der Waals surface area contributed by atoms with Gasteiger partial charge in [-0.15, -0.1) is 5.06 Å². The minimum absolute atomic E-state index is 0.0179. The van der Waals surface area contributed by atoms with Gasteiger partial charge in [0.25, 0.3) is 0 Å². The Kier molecular flexibility index (Phi) is 6.36. The second kappa shape index (κ2) is 9.20. The first-order valence-corrected chi connectivity index (χ1v) is 10.5. The smallest absolute Gasteiger partial charge is 0.443 e. The zero-order chi connectivity index (χ0) is 22.7. The van der Waals surface area contributed by atoms with Gasteiger partial charge in [-0.25, -0.2) is 9.59 Å². The number of nitrogens with zero attached hydrogens (tertiary/aromatic N) is 1. The summed E-state index contributed by atoms with van der Waals surface area (Å²) < 4.78 is 43.9. The molecule has 1 amide bonds. The van der Waals surface area contributed by atoms with Gasteiger partial charge in [0.1, 0.15) is 6.10 Å². The van der Waals surface area contributed by atoms with E-state index < -0.39 is 24.3 Å². The number of carbonyl (C=O) groups excluding carboxylic acids is 2. The summed E-state index contributed by atoms with van der Waals surface area (Å²) in [6.07, 6.45) is -4.09. The molecule has 0 saturated carbocycles. The number of fused-ring (bicyclic) bond motifs is 1. The van der Waals surface area contributed by atoms with E-state index in [9.17, 15) is 22.8 Å². The molecule has 2 aliphatic rings. The summed E-state index contributed by atoms with van der Waals surface area (Å²) in [4.78, 5) is 28.6. The van der Waals surface area contributed by atoms with Crippen LogP contribution in [-0.2, 0) is 27.2 Å². The molecule has 1 saturated heterocycles. The number of rotatable bonds is 3. The average molecular weight is 448 g/mol. The molecule has 1 heterocycles. The number of alkyl halides is 3. The van der Waals surface area contributed by atoms with Crippen LogP contribution in [0.25, 0.3) is 0 Å². The van der Waals surface area contributed by atoms with Gasteiger partial charge in [-0.2, -0.15) is 13.2 Å². The van der Waals surface area contributed by atoms with Crippen LogP contribution in [0.3, 0.4) is 0 Å². The molecule has 1 aliphatic heterocycles. The van der Waals surface area contributed by atoms with Crippen LogP contribution in [0.5, 0.6) is 0 Å². The van der Waals surface area contributed by atoms with Crippen molar-refractivity contribution >= 4 is 17.7 Å². The minimum atomic E-state index is -5.25. The van der Waals surface area contributed by atoms with Gasteiger partial charge in [-0.05, 0) is 54.1 Å². The molecule has 9 heteroatoms. The van der Waals surface area contributed by atoms with Crippen LogP contribution in [0, 0.1) is 0 Å². The maximum Gasteiger partial charge on any atom is 0.493 e. The number of ether oxygens (including phenoxy) is 1. The maximum atomic E-state index is 12.8. The number of anilines is 1. The van der Waals surface area contributed by atoms with Crippen molar-refractivity contribution in [2.45, 2.75) is 43.9 Å². The van der Waals surface area contributed by atoms with E-state index in [0.717, 1.165) is 42.6 Å². The Morgan fingerprint density at radius 2 is 1.66 bits per heavy atom. The van der Waals surface area contributed by atoms with E-state index in [4.69, 9.17) is 4.74 Å². The highest BCUT2D eigenvalue weighted by molar-refractivity contribution is 5.89. The molecule has 6 nitrogen and oxygen atoms in total. The largest absolute Gasteiger partial charge is 0.493 e. The Morgan fingerprint density at radius 1 is 1.00 bits per heavy atom. The number of amides is 1. The zero-order valence-electron chi connectivity index (χ0n) is 17.2. The van der Waals surface area contributed by atoms with Crippen LogP contribution in [-0.4, -0.2) is 37.4 Å². The molecule has 0 bridgehead atoms. The summed E-state index contributed by atoms with van der Waals surface area (Å²) in [5, 5.41) is 3.58. The number of hydrogen-bond donors (Lipinski definition) is 1. The maximum absolute atomic E-state index is 12.8. The number of piperidine rings is 1. The van der Waals surface area contributed by atoms with Crippen molar-refractivity contribution < 1.29 is 32.3 Å². The molecule has 1 N–H and O–H groups in total. The first kappa shape index (κ1) is 22.1. The van der Waals surface area contributed by atoms with E-state index >= 15 is 0 Å². The van der Waals surface area contributed by atoms with Crippen molar-refractivity contribution in [3.05, 3.63) is 65.2 Å². The lowest BCUT2D eigenvalue weighted by molar-refractivity contribution is -0.200. The molecule has 1 atom stereocenters. The number of hydrogen-bond acceptors (Lipinski definition) is 5. The fourth-order valence-electron chi connectivity index (χ4n) is 4.14. The van der Waals surface area contributed by atoms with Gasteiger partial charge < -0.3 is 14.9 Å². The Bertz CT molecular complexity index is 947. The second-order valence-corrected chi connectivity index (χ2v) is 7.99. The highest BCUT2D eigenvalue weighted by atomic mass is 19.4. The second-order valence-electron chi connectivity index (χ2n) is 7.99.